The van der Waals surface area contributed by atoms with Gasteiger partial charge in [0.15, 0.2) is 11.5 Å². The van der Waals surface area contributed by atoms with Crippen LogP contribution in [0.4, 0.5) is 22.7 Å². The first-order valence-corrected chi connectivity index (χ1v) is 22.8. The van der Waals surface area contributed by atoms with Crippen LogP contribution in [0.3, 0.4) is 0 Å². The van der Waals surface area contributed by atoms with Crippen LogP contribution < -0.4 is 19.3 Å². The number of anilines is 4. The van der Waals surface area contributed by atoms with E-state index < -0.39 is 0 Å². The summed E-state index contributed by atoms with van der Waals surface area (Å²) in [6.07, 6.45) is 19.1. The predicted molar refractivity (Wildman–Crippen MR) is 270 cm³/mol. The average molecular weight is 839 g/mol. The van der Waals surface area contributed by atoms with Gasteiger partial charge in [-0.15, -0.1) is 0 Å². The van der Waals surface area contributed by atoms with Crippen molar-refractivity contribution in [2.75, 3.05) is 9.80 Å². The highest BCUT2D eigenvalue weighted by Gasteiger charge is 2.43. The molecular formula is C61H46N2O2. The predicted octanol–water partition coefficient (Wildman–Crippen LogP) is 15.5. The molecule has 0 spiro atoms. The lowest BCUT2D eigenvalue weighted by Crippen LogP contribution is -2.53. The third-order valence-electron chi connectivity index (χ3n) is 14.4. The normalized spacial score (nSPS) is 19.6. The molecule has 2 heterocycles. The summed E-state index contributed by atoms with van der Waals surface area (Å²) in [6, 6.07) is 59.4. The van der Waals surface area contributed by atoms with E-state index in [2.05, 4.69) is 224 Å². The zero-order valence-corrected chi connectivity index (χ0v) is 36.4. The molecule has 2 aliphatic heterocycles. The van der Waals surface area contributed by atoms with E-state index in [0.29, 0.717) is 0 Å². The first kappa shape index (κ1) is 37.7. The summed E-state index contributed by atoms with van der Waals surface area (Å²) in [6.45, 7) is 4.82. The maximum atomic E-state index is 6.47. The quantitative estimate of drug-likeness (QED) is 0.127. The molecule has 0 radical (unpaired) electrons. The molecule has 3 aliphatic carbocycles. The van der Waals surface area contributed by atoms with Crippen molar-refractivity contribution < 1.29 is 9.47 Å². The highest BCUT2D eigenvalue weighted by atomic mass is 16.5. The molecule has 4 nitrogen and oxygen atoms in total. The Labute approximate surface area is 380 Å². The molecule has 5 aliphatic rings. The number of hydrogen-bond acceptors (Lipinski definition) is 4. The number of allylic oxidation sites excluding steroid dienone is 4. The Hall–Kier alpha value is -7.82. The second-order valence-corrected chi connectivity index (χ2v) is 18.3. The maximum Gasteiger partial charge on any atom is 0.151 e. The topological polar surface area (TPSA) is 24.9 Å². The van der Waals surface area contributed by atoms with E-state index in [1.807, 2.05) is 12.1 Å². The van der Waals surface area contributed by atoms with E-state index >= 15 is 0 Å². The lowest BCUT2D eigenvalue weighted by Gasteiger charge is -2.47. The Balaban J connectivity index is 0.808. The summed E-state index contributed by atoms with van der Waals surface area (Å²) >= 11 is 0. The van der Waals surface area contributed by atoms with Crippen LogP contribution >= 0.6 is 0 Å². The first-order chi connectivity index (χ1) is 32.0. The minimum absolute atomic E-state index is 0.00319. The molecule has 3 unspecified atom stereocenters. The first-order valence-electron chi connectivity index (χ1n) is 22.8. The fourth-order valence-corrected chi connectivity index (χ4v) is 11.3. The standard InChI is InChI=1S/C61H46N2O2/c1-61(2)49-37-40(31-35-43(49)44-36-34-42(38-50(44)61)62-51-19-7-11-23-55(51)64-56-24-12-8-20-52(56)62)28-27-39-29-32-41(33-30-39)59-45-15-3-5-17-47(45)60(48-18-6-4-16-46(48)59)63-53-21-9-13-25-57(53)65-58-26-14-10-22-54(58)63/h3-37,42,51,55H,38H2,1-2H3/b28-27+. The Morgan fingerprint density at radius 2 is 1.15 bits per heavy atom. The molecule has 0 saturated carbocycles. The fourth-order valence-electron chi connectivity index (χ4n) is 11.3. The largest absolute Gasteiger partial charge is 0.482 e. The number of benzene rings is 8. The molecule has 0 bridgehead atoms. The van der Waals surface area contributed by atoms with Crippen molar-refractivity contribution in [3.63, 3.8) is 0 Å². The molecule has 0 saturated heterocycles. The van der Waals surface area contributed by atoms with Gasteiger partial charge in [-0.2, -0.15) is 0 Å². The van der Waals surface area contributed by atoms with Crippen molar-refractivity contribution in [2.45, 2.75) is 43.9 Å². The summed E-state index contributed by atoms with van der Waals surface area (Å²) in [5.74, 6) is 2.66. The minimum atomic E-state index is -0.0949. The van der Waals surface area contributed by atoms with Gasteiger partial charge in [0.2, 0.25) is 0 Å². The Kier molecular flexibility index (Phi) is 8.48. The summed E-state index contributed by atoms with van der Waals surface area (Å²) in [5.41, 5.74) is 14.8. The van der Waals surface area contributed by atoms with E-state index in [4.69, 9.17) is 9.47 Å². The van der Waals surface area contributed by atoms with Crippen LogP contribution in [0.25, 0.3) is 50.4 Å². The van der Waals surface area contributed by atoms with Crippen LogP contribution in [0.5, 0.6) is 17.2 Å². The number of rotatable bonds is 5. The molecule has 0 aromatic heterocycles. The second kappa shape index (κ2) is 14.6. The van der Waals surface area contributed by atoms with E-state index in [1.54, 1.807) is 0 Å². The van der Waals surface area contributed by atoms with Crippen molar-refractivity contribution >= 4 is 62.0 Å². The average Bonchev–Trinajstić information content (AvgIpc) is 3.58. The monoisotopic (exact) mass is 838 g/mol. The Bertz CT molecular complexity index is 3320. The zero-order valence-electron chi connectivity index (χ0n) is 36.4. The number of nitrogens with zero attached hydrogens (tertiary/aromatic N) is 2. The van der Waals surface area contributed by atoms with E-state index in [9.17, 15) is 0 Å². The van der Waals surface area contributed by atoms with Crippen molar-refractivity contribution in [1.29, 1.82) is 0 Å². The van der Waals surface area contributed by atoms with E-state index in [0.717, 1.165) is 40.7 Å². The summed E-state index contributed by atoms with van der Waals surface area (Å²) in [5, 5.41) is 4.81. The van der Waals surface area contributed by atoms with Gasteiger partial charge >= 0.3 is 0 Å². The molecule has 3 atom stereocenters. The van der Waals surface area contributed by atoms with Crippen molar-refractivity contribution in [1.82, 2.24) is 0 Å². The van der Waals surface area contributed by atoms with Crippen LogP contribution in [-0.2, 0) is 5.41 Å². The van der Waals surface area contributed by atoms with E-state index in [-0.39, 0.29) is 23.6 Å². The molecule has 0 amide bonds. The van der Waals surface area contributed by atoms with Gasteiger partial charge in [0.05, 0.1) is 34.8 Å². The zero-order chi connectivity index (χ0) is 43.2. The number of para-hydroxylation sites is 6. The van der Waals surface area contributed by atoms with Gasteiger partial charge in [-0.3, -0.25) is 0 Å². The Morgan fingerprint density at radius 3 is 1.86 bits per heavy atom. The van der Waals surface area contributed by atoms with Gasteiger partial charge in [0.1, 0.15) is 11.9 Å². The van der Waals surface area contributed by atoms with E-state index in [1.165, 1.54) is 71.8 Å². The smallest absolute Gasteiger partial charge is 0.151 e. The summed E-state index contributed by atoms with van der Waals surface area (Å²) in [7, 11) is 0. The molecule has 8 aromatic carbocycles. The van der Waals surface area contributed by atoms with Crippen LogP contribution in [0.1, 0.15) is 42.5 Å². The fraction of sp³-hybridized carbons (Fsp3) is 0.115. The Morgan fingerprint density at radius 1 is 0.569 bits per heavy atom. The van der Waals surface area contributed by atoms with Crippen LogP contribution in [-0.4, -0.2) is 18.2 Å². The van der Waals surface area contributed by atoms with Gasteiger partial charge in [0.25, 0.3) is 0 Å². The van der Waals surface area contributed by atoms with Crippen LogP contribution in [0.15, 0.2) is 206 Å². The lowest BCUT2D eigenvalue weighted by molar-refractivity contribution is 0.207. The molecule has 312 valence electrons. The van der Waals surface area contributed by atoms with Gasteiger partial charge in [-0.05, 0) is 104 Å². The lowest BCUT2D eigenvalue weighted by atomic mass is 9.77. The third-order valence-corrected chi connectivity index (χ3v) is 14.4. The molecule has 4 heteroatoms. The number of ether oxygens (including phenoxy) is 2. The molecule has 0 fully saturated rings. The van der Waals surface area contributed by atoms with Crippen LogP contribution in [0.2, 0.25) is 0 Å². The SMILES string of the molecule is CC1(C)C2=C(C=CC(N3c4ccccc4OC4C=CC=CC43)C2)c2ccc(/C=C/c3ccc(-c4c5ccccc5c(N5c6ccccc6Oc6ccccc65)c5ccccc45)cc3)cc21. The van der Waals surface area contributed by atoms with Crippen LogP contribution in [0, 0.1) is 0 Å². The molecule has 0 N–H and O–H groups in total. The minimum Gasteiger partial charge on any atom is -0.482 e. The van der Waals surface area contributed by atoms with Crippen molar-refractivity contribution in [3.05, 3.63) is 228 Å². The van der Waals surface area contributed by atoms with Gasteiger partial charge in [0, 0.05) is 16.2 Å². The maximum absolute atomic E-state index is 6.47. The molecule has 13 rings (SSSR count). The molecule has 65 heavy (non-hydrogen) atoms. The summed E-state index contributed by atoms with van der Waals surface area (Å²) < 4.78 is 12.9. The van der Waals surface area contributed by atoms with Crippen molar-refractivity contribution in [2.24, 2.45) is 0 Å². The third kappa shape index (κ3) is 5.90. The second-order valence-electron chi connectivity index (χ2n) is 18.3. The molecular weight excluding hydrogens is 793 g/mol. The van der Waals surface area contributed by atoms with Gasteiger partial charge in [-0.1, -0.05) is 184 Å². The van der Waals surface area contributed by atoms with Gasteiger partial charge in [-0.25, -0.2) is 0 Å². The van der Waals surface area contributed by atoms with Crippen molar-refractivity contribution in [3.8, 4) is 28.4 Å². The number of fused-ring (bicyclic) bond motifs is 8. The summed E-state index contributed by atoms with van der Waals surface area (Å²) in [4.78, 5) is 4.98. The molecule has 8 aromatic rings. The number of hydrogen-bond donors (Lipinski definition) is 0. The van der Waals surface area contributed by atoms with Gasteiger partial charge < -0.3 is 19.3 Å². The highest BCUT2D eigenvalue weighted by molar-refractivity contribution is 6.22. The highest BCUT2D eigenvalue weighted by Crippen LogP contribution is 2.56.